The van der Waals surface area contributed by atoms with E-state index in [1.54, 1.807) is 6.07 Å². The molecule has 4 rings (SSSR count). The van der Waals surface area contributed by atoms with Crippen LogP contribution in [-0.4, -0.2) is 32.4 Å². The summed E-state index contributed by atoms with van der Waals surface area (Å²) in [4.78, 5) is 12.5. The molecule has 1 aliphatic rings. The van der Waals surface area contributed by atoms with Gasteiger partial charge in [0.2, 0.25) is 0 Å². The number of benzene rings is 3. The van der Waals surface area contributed by atoms with Gasteiger partial charge < -0.3 is 18.9 Å². The quantitative estimate of drug-likeness (QED) is 0.170. The van der Waals surface area contributed by atoms with E-state index in [4.69, 9.17) is 18.9 Å². The van der Waals surface area contributed by atoms with Crippen LogP contribution >= 0.6 is 18.5 Å². The summed E-state index contributed by atoms with van der Waals surface area (Å²) in [6.07, 6.45) is -1.14. The molecule has 1 aliphatic heterocycles. The molecular weight excluding hydrogens is 542 g/mol. The first-order valence-corrected chi connectivity index (χ1v) is 13.0. The van der Waals surface area contributed by atoms with Crippen molar-refractivity contribution < 1.29 is 41.3 Å². The number of ether oxygens (including phenoxy) is 4. The van der Waals surface area contributed by atoms with E-state index in [0.29, 0.717) is 37.3 Å². The maximum atomic E-state index is 14.9. The maximum Gasteiger partial charge on any atom is 0.315 e. The molecule has 1 heterocycles. The first kappa shape index (κ1) is 28.6. The Morgan fingerprint density at radius 3 is 2.32 bits per heavy atom. The molecule has 0 N–H and O–H groups in total. The van der Waals surface area contributed by atoms with Crippen LogP contribution in [0.5, 0.6) is 5.75 Å². The standard InChI is InChI=1S/C27H26F4O5P2/c1-2-33-11-14-12-34-27(35-13-14)16-6-20(28)19(23(37)8-16)10-25(32)36-17-3-4-18(21(29)9-17)15-5-22(30)26(31)24(38)7-15/h3-9,14,27H,2,10-13,37-38H2,1H3. The lowest BCUT2D eigenvalue weighted by molar-refractivity contribution is -0.211. The van der Waals surface area contributed by atoms with E-state index in [2.05, 4.69) is 9.24 Å². The van der Waals surface area contributed by atoms with E-state index < -0.39 is 41.9 Å². The van der Waals surface area contributed by atoms with Crippen molar-refractivity contribution in [2.24, 2.45) is 5.92 Å². The van der Waals surface area contributed by atoms with Crippen LogP contribution in [0.15, 0.2) is 42.5 Å². The molecule has 5 nitrogen and oxygen atoms in total. The highest BCUT2D eigenvalue weighted by molar-refractivity contribution is 7.27. The largest absolute Gasteiger partial charge is 0.426 e. The highest BCUT2D eigenvalue weighted by atomic mass is 31.0. The van der Waals surface area contributed by atoms with Crippen LogP contribution in [0.4, 0.5) is 17.6 Å². The minimum Gasteiger partial charge on any atom is -0.426 e. The van der Waals surface area contributed by atoms with E-state index in [9.17, 15) is 22.4 Å². The third kappa shape index (κ3) is 6.77. The highest BCUT2D eigenvalue weighted by Gasteiger charge is 2.26. The van der Waals surface area contributed by atoms with Crippen molar-refractivity contribution >= 4 is 35.1 Å². The molecule has 0 saturated carbocycles. The zero-order chi connectivity index (χ0) is 27.4. The number of hydrogen-bond acceptors (Lipinski definition) is 5. The summed E-state index contributed by atoms with van der Waals surface area (Å²) >= 11 is 0. The lowest BCUT2D eigenvalue weighted by Gasteiger charge is -2.29. The molecule has 2 unspecified atom stereocenters. The van der Waals surface area contributed by atoms with E-state index in [-0.39, 0.29) is 33.7 Å². The normalized spacial score (nSPS) is 17.4. The van der Waals surface area contributed by atoms with Gasteiger partial charge in [-0.2, -0.15) is 0 Å². The summed E-state index contributed by atoms with van der Waals surface area (Å²) in [5.41, 5.74) is 0.691. The summed E-state index contributed by atoms with van der Waals surface area (Å²) in [6.45, 7) is 3.85. The average molecular weight is 568 g/mol. The summed E-state index contributed by atoms with van der Waals surface area (Å²) < 4.78 is 78.9. The van der Waals surface area contributed by atoms with Gasteiger partial charge in [-0.25, -0.2) is 17.6 Å². The number of esters is 1. The molecule has 0 amide bonds. The molecule has 0 spiro atoms. The fourth-order valence-electron chi connectivity index (χ4n) is 3.99. The lowest BCUT2D eigenvalue weighted by Crippen LogP contribution is -2.30. The van der Waals surface area contributed by atoms with Crippen molar-refractivity contribution in [3.05, 3.63) is 76.9 Å². The summed E-state index contributed by atoms with van der Waals surface area (Å²) in [5, 5.41) is 0.372. The number of hydrogen-bond donors (Lipinski definition) is 0. The third-order valence-electron chi connectivity index (χ3n) is 5.91. The number of carbonyl (C=O) groups excluding carboxylic acids is 1. The Morgan fingerprint density at radius 1 is 0.947 bits per heavy atom. The van der Waals surface area contributed by atoms with Crippen molar-refractivity contribution in [3.8, 4) is 16.9 Å². The fraction of sp³-hybridized carbons (Fsp3) is 0.296. The zero-order valence-electron chi connectivity index (χ0n) is 20.4. The van der Waals surface area contributed by atoms with Gasteiger partial charge in [-0.1, -0.05) is 0 Å². The van der Waals surface area contributed by atoms with E-state index in [0.717, 1.165) is 12.1 Å². The molecule has 202 valence electrons. The summed E-state index contributed by atoms with van der Waals surface area (Å²) in [6, 6.07) is 8.62. The zero-order valence-corrected chi connectivity index (χ0v) is 22.7. The topological polar surface area (TPSA) is 54.0 Å². The Balaban J connectivity index is 1.41. The van der Waals surface area contributed by atoms with Crippen LogP contribution in [0.2, 0.25) is 0 Å². The van der Waals surface area contributed by atoms with Gasteiger partial charge in [0.15, 0.2) is 17.9 Å². The van der Waals surface area contributed by atoms with Gasteiger partial charge in [0.25, 0.3) is 0 Å². The Hall–Kier alpha value is -2.41. The minimum absolute atomic E-state index is 0.00219. The van der Waals surface area contributed by atoms with Crippen LogP contribution in [0.3, 0.4) is 0 Å². The first-order chi connectivity index (χ1) is 18.2. The van der Waals surface area contributed by atoms with Crippen LogP contribution in [0.1, 0.15) is 24.3 Å². The monoisotopic (exact) mass is 568 g/mol. The van der Waals surface area contributed by atoms with Crippen molar-refractivity contribution in [1.82, 2.24) is 0 Å². The molecule has 2 atom stereocenters. The molecule has 3 aromatic carbocycles. The predicted molar refractivity (Wildman–Crippen MR) is 141 cm³/mol. The number of rotatable bonds is 8. The molecule has 11 heteroatoms. The first-order valence-electron chi connectivity index (χ1n) is 11.8. The van der Waals surface area contributed by atoms with E-state index in [1.807, 2.05) is 16.2 Å². The van der Waals surface area contributed by atoms with Crippen LogP contribution < -0.4 is 15.3 Å². The van der Waals surface area contributed by atoms with E-state index in [1.165, 1.54) is 24.3 Å². The van der Waals surface area contributed by atoms with Crippen LogP contribution in [0.25, 0.3) is 11.1 Å². The van der Waals surface area contributed by atoms with Crippen molar-refractivity contribution in [2.75, 3.05) is 26.4 Å². The second kappa shape index (κ2) is 12.6. The smallest absolute Gasteiger partial charge is 0.315 e. The van der Waals surface area contributed by atoms with Gasteiger partial charge in [0.05, 0.1) is 26.2 Å². The molecule has 0 aliphatic carbocycles. The molecule has 3 aromatic rings. The van der Waals surface area contributed by atoms with Gasteiger partial charge in [0.1, 0.15) is 17.4 Å². The van der Waals surface area contributed by atoms with Crippen molar-refractivity contribution in [2.45, 2.75) is 19.6 Å². The Morgan fingerprint density at radius 2 is 1.68 bits per heavy atom. The third-order valence-corrected chi connectivity index (χ3v) is 6.84. The average Bonchev–Trinajstić information content (AvgIpc) is 2.88. The molecule has 0 radical (unpaired) electrons. The molecule has 1 fully saturated rings. The molecular formula is C27H26F4O5P2. The molecule has 1 saturated heterocycles. The second-order valence-electron chi connectivity index (χ2n) is 8.75. The van der Waals surface area contributed by atoms with Crippen LogP contribution in [-0.2, 0) is 25.4 Å². The van der Waals surface area contributed by atoms with E-state index >= 15 is 0 Å². The lowest BCUT2D eigenvalue weighted by atomic mass is 10.0. The van der Waals surface area contributed by atoms with Gasteiger partial charge in [0, 0.05) is 40.6 Å². The second-order valence-corrected chi connectivity index (χ2v) is 9.99. The van der Waals surface area contributed by atoms with Gasteiger partial charge in [-0.05, 0) is 54.2 Å². The fourth-order valence-corrected chi connectivity index (χ4v) is 4.74. The van der Waals surface area contributed by atoms with Gasteiger partial charge in [-0.3, -0.25) is 4.79 Å². The summed E-state index contributed by atoms with van der Waals surface area (Å²) in [5.74, 6) is -4.42. The maximum absolute atomic E-state index is 14.9. The Labute approximate surface area is 222 Å². The van der Waals surface area contributed by atoms with Gasteiger partial charge >= 0.3 is 5.97 Å². The number of halogens is 4. The molecule has 0 bridgehead atoms. The predicted octanol–water partition coefficient (Wildman–Crippen LogP) is 4.76. The molecule has 0 aromatic heterocycles. The Kier molecular flexibility index (Phi) is 9.50. The van der Waals surface area contributed by atoms with Crippen molar-refractivity contribution in [1.29, 1.82) is 0 Å². The van der Waals surface area contributed by atoms with Crippen LogP contribution in [0, 0.1) is 29.2 Å². The summed E-state index contributed by atoms with van der Waals surface area (Å²) in [7, 11) is 4.43. The highest BCUT2D eigenvalue weighted by Crippen LogP contribution is 2.29. The minimum atomic E-state index is -1.11. The molecule has 38 heavy (non-hydrogen) atoms. The SMILES string of the molecule is CCOCC1COC(c2cc(F)c(CC(=O)Oc3ccc(-c4cc(F)c(F)c(P)c4)c(F)c3)c(P)c2)OC1. The Bertz CT molecular complexity index is 1280. The van der Waals surface area contributed by atoms with Gasteiger partial charge in [-0.15, -0.1) is 18.5 Å². The van der Waals surface area contributed by atoms with Crippen molar-refractivity contribution in [3.63, 3.8) is 0 Å². The number of carbonyl (C=O) groups is 1.